The van der Waals surface area contributed by atoms with E-state index in [1.807, 2.05) is 0 Å². The summed E-state index contributed by atoms with van der Waals surface area (Å²) in [6, 6.07) is 13.5. The number of anilines is 1. The van der Waals surface area contributed by atoms with E-state index in [0.29, 0.717) is 22.5 Å². The Morgan fingerprint density at radius 3 is 2.38 bits per heavy atom. The molecule has 0 aliphatic rings. The normalized spacial score (nSPS) is 12.2. The number of nitrogens with one attached hydrogen (secondary N) is 1. The van der Waals surface area contributed by atoms with Gasteiger partial charge in [-0.3, -0.25) is 4.72 Å². The van der Waals surface area contributed by atoms with Gasteiger partial charge in [0.2, 0.25) is 0 Å². The first-order valence-electron chi connectivity index (χ1n) is 6.32. The molecule has 2 aromatic rings. The highest BCUT2D eigenvalue weighted by Crippen LogP contribution is 2.22. The van der Waals surface area contributed by atoms with Crippen molar-refractivity contribution in [2.45, 2.75) is 18.7 Å². The first-order chi connectivity index (χ1) is 9.95. The van der Waals surface area contributed by atoms with Crippen molar-refractivity contribution in [3.05, 3.63) is 59.7 Å². The Morgan fingerprint density at radius 1 is 1.10 bits per heavy atom. The van der Waals surface area contributed by atoms with Crippen LogP contribution in [0.5, 0.6) is 0 Å². The SMILES string of the molecule is CC(=NO)c1ccccc1NS(=O)(=O)c1ccccc1C. The molecule has 0 amide bonds. The Kier molecular flexibility index (Phi) is 4.28. The highest BCUT2D eigenvalue weighted by atomic mass is 32.2. The summed E-state index contributed by atoms with van der Waals surface area (Å²) in [4.78, 5) is 0.221. The molecule has 2 rings (SSSR count). The summed E-state index contributed by atoms with van der Waals surface area (Å²) in [6.45, 7) is 3.34. The van der Waals surface area contributed by atoms with Crippen LogP contribution < -0.4 is 4.72 Å². The van der Waals surface area contributed by atoms with Crippen molar-refractivity contribution >= 4 is 21.4 Å². The maximum absolute atomic E-state index is 12.5. The minimum atomic E-state index is -3.69. The number of aryl methyl sites for hydroxylation is 1. The van der Waals surface area contributed by atoms with Crippen molar-refractivity contribution in [1.29, 1.82) is 0 Å². The first kappa shape index (κ1) is 15.1. The predicted octanol–water partition coefficient (Wildman–Crippen LogP) is 2.99. The van der Waals surface area contributed by atoms with Gasteiger partial charge in [-0.2, -0.15) is 0 Å². The monoisotopic (exact) mass is 304 g/mol. The van der Waals surface area contributed by atoms with E-state index in [1.165, 1.54) is 0 Å². The van der Waals surface area contributed by atoms with E-state index in [1.54, 1.807) is 62.4 Å². The van der Waals surface area contributed by atoms with E-state index in [9.17, 15) is 8.42 Å². The largest absolute Gasteiger partial charge is 0.411 e. The van der Waals surface area contributed by atoms with Crippen LogP contribution in [-0.4, -0.2) is 19.3 Å². The van der Waals surface area contributed by atoms with Crippen molar-refractivity contribution in [1.82, 2.24) is 0 Å². The molecule has 0 fully saturated rings. The number of hydrogen-bond donors (Lipinski definition) is 2. The lowest BCUT2D eigenvalue weighted by Crippen LogP contribution is -2.16. The molecule has 0 unspecified atom stereocenters. The van der Waals surface area contributed by atoms with Gasteiger partial charge in [-0.15, -0.1) is 0 Å². The topological polar surface area (TPSA) is 78.8 Å². The average Bonchev–Trinajstić information content (AvgIpc) is 2.47. The molecule has 0 heterocycles. The number of sulfonamides is 1. The molecular weight excluding hydrogens is 288 g/mol. The van der Waals surface area contributed by atoms with Crippen LogP contribution in [0, 0.1) is 6.92 Å². The highest BCUT2D eigenvalue weighted by Gasteiger charge is 2.18. The number of benzene rings is 2. The molecule has 0 aromatic heterocycles. The van der Waals surface area contributed by atoms with Crippen molar-refractivity contribution in [3.63, 3.8) is 0 Å². The van der Waals surface area contributed by atoms with E-state index >= 15 is 0 Å². The van der Waals surface area contributed by atoms with Gasteiger partial charge in [-0.25, -0.2) is 8.42 Å². The smallest absolute Gasteiger partial charge is 0.262 e. The lowest BCUT2D eigenvalue weighted by molar-refractivity contribution is 0.319. The maximum atomic E-state index is 12.5. The highest BCUT2D eigenvalue weighted by molar-refractivity contribution is 7.92. The van der Waals surface area contributed by atoms with Crippen LogP contribution in [0.1, 0.15) is 18.1 Å². The van der Waals surface area contributed by atoms with Crippen LogP contribution in [0.4, 0.5) is 5.69 Å². The molecule has 0 atom stereocenters. The van der Waals surface area contributed by atoms with Crippen LogP contribution in [0.2, 0.25) is 0 Å². The van der Waals surface area contributed by atoms with Crippen molar-refractivity contribution in [2.75, 3.05) is 4.72 Å². The summed E-state index contributed by atoms with van der Waals surface area (Å²) in [5.74, 6) is 0. The third-order valence-electron chi connectivity index (χ3n) is 3.09. The van der Waals surface area contributed by atoms with E-state index in [-0.39, 0.29) is 4.90 Å². The van der Waals surface area contributed by atoms with Gasteiger partial charge in [-0.1, -0.05) is 41.6 Å². The zero-order valence-electron chi connectivity index (χ0n) is 11.7. The summed E-state index contributed by atoms with van der Waals surface area (Å²) in [5, 5.41) is 12.0. The number of oxime groups is 1. The number of hydrogen-bond acceptors (Lipinski definition) is 4. The van der Waals surface area contributed by atoms with Crippen molar-refractivity contribution < 1.29 is 13.6 Å². The average molecular weight is 304 g/mol. The van der Waals surface area contributed by atoms with Gasteiger partial charge in [0.05, 0.1) is 16.3 Å². The van der Waals surface area contributed by atoms with E-state index in [2.05, 4.69) is 9.88 Å². The maximum Gasteiger partial charge on any atom is 0.262 e. The second-order valence-corrected chi connectivity index (χ2v) is 6.25. The number of nitrogens with zero attached hydrogens (tertiary/aromatic N) is 1. The van der Waals surface area contributed by atoms with Crippen LogP contribution in [0.3, 0.4) is 0 Å². The summed E-state index contributed by atoms with van der Waals surface area (Å²) in [6.07, 6.45) is 0. The molecule has 2 N–H and O–H groups in total. The van der Waals surface area contributed by atoms with Crippen LogP contribution in [0.25, 0.3) is 0 Å². The fraction of sp³-hybridized carbons (Fsp3) is 0.133. The standard InChI is InChI=1S/C15H16N2O3S/c1-11-7-3-6-10-15(11)21(19,20)17-14-9-5-4-8-13(14)12(2)16-18/h3-10,17-18H,1-2H3. The van der Waals surface area contributed by atoms with Crippen molar-refractivity contribution in [3.8, 4) is 0 Å². The number of rotatable bonds is 4. The fourth-order valence-corrected chi connectivity index (χ4v) is 3.33. The lowest BCUT2D eigenvalue weighted by atomic mass is 10.1. The van der Waals surface area contributed by atoms with Crippen molar-refractivity contribution in [2.24, 2.45) is 5.16 Å². The Bertz CT molecular complexity index is 783. The molecule has 5 nitrogen and oxygen atoms in total. The first-order valence-corrected chi connectivity index (χ1v) is 7.80. The molecule has 0 aliphatic heterocycles. The number of para-hydroxylation sites is 1. The molecule has 2 aromatic carbocycles. The Labute approximate surface area is 124 Å². The molecule has 6 heteroatoms. The predicted molar refractivity (Wildman–Crippen MR) is 82.4 cm³/mol. The summed E-state index contributed by atoms with van der Waals surface area (Å²) in [5.41, 5.74) is 1.89. The van der Waals surface area contributed by atoms with Gasteiger partial charge in [-0.05, 0) is 31.5 Å². The molecule has 110 valence electrons. The minimum absolute atomic E-state index is 0.221. The Balaban J connectivity index is 2.46. The van der Waals surface area contributed by atoms with E-state index < -0.39 is 10.0 Å². The van der Waals surface area contributed by atoms with Gasteiger partial charge in [0, 0.05) is 5.56 Å². The molecule has 0 saturated heterocycles. The van der Waals surface area contributed by atoms with Crippen LogP contribution in [0.15, 0.2) is 58.6 Å². The second-order valence-electron chi connectivity index (χ2n) is 4.60. The third-order valence-corrected chi connectivity index (χ3v) is 4.62. The van der Waals surface area contributed by atoms with Gasteiger partial charge in [0.1, 0.15) is 0 Å². The molecule has 0 spiro atoms. The zero-order valence-corrected chi connectivity index (χ0v) is 12.6. The van der Waals surface area contributed by atoms with Gasteiger partial charge in [0.15, 0.2) is 0 Å². The fourth-order valence-electron chi connectivity index (χ4n) is 2.00. The zero-order chi connectivity index (χ0) is 15.5. The third kappa shape index (κ3) is 3.22. The minimum Gasteiger partial charge on any atom is -0.411 e. The molecule has 21 heavy (non-hydrogen) atoms. The summed E-state index contributed by atoms with van der Waals surface area (Å²) in [7, 11) is -3.69. The van der Waals surface area contributed by atoms with Gasteiger partial charge >= 0.3 is 0 Å². The summed E-state index contributed by atoms with van der Waals surface area (Å²) >= 11 is 0. The van der Waals surface area contributed by atoms with Gasteiger partial charge < -0.3 is 5.21 Å². The summed E-state index contributed by atoms with van der Waals surface area (Å²) < 4.78 is 27.5. The van der Waals surface area contributed by atoms with Crippen LogP contribution in [-0.2, 0) is 10.0 Å². The Hall–Kier alpha value is -2.34. The van der Waals surface area contributed by atoms with Crippen LogP contribution >= 0.6 is 0 Å². The quantitative estimate of drug-likeness (QED) is 0.518. The molecule has 0 bridgehead atoms. The molecular formula is C15H16N2O3S. The Morgan fingerprint density at radius 2 is 1.71 bits per heavy atom. The molecule has 0 saturated carbocycles. The lowest BCUT2D eigenvalue weighted by Gasteiger charge is -2.13. The van der Waals surface area contributed by atoms with E-state index in [4.69, 9.17) is 5.21 Å². The van der Waals surface area contributed by atoms with E-state index in [0.717, 1.165) is 0 Å². The molecule has 0 aliphatic carbocycles. The van der Waals surface area contributed by atoms with Gasteiger partial charge in [0.25, 0.3) is 10.0 Å². The second kappa shape index (κ2) is 5.97. The molecule has 0 radical (unpaired) electrons.